The highest BCUT2D eigenvalue weighted by atomic mass is 16.3. The van der Waals surface area contributed by atoms with E-state index in [1.807, 2.05) is 6.07 Å². The van der Waals surface area contributed by atoms with Crippen molar-refractivity contribution in [1.82, 2.24) is 0 Å². The van der Waals surface area contributed by atoms with Crippen molar-refractivity contribution in [1.29, 1.82) is 0 Å². The summed E-state index contributed by atoms with van der Waals surface area (Å²) in [6.45, 7) is 0. The van der Waals surface area contributed by atoms with Crippen molar-refractivity contribution in [3.05, 3.63) is 121 Å². The Kier molecular flexibility index (Phi) is 3.72. The van der Waals surface area contributed by atoms with Gasteiger partial charge in [0.2, 0.25) is 0 Å². The minimum absolute atomic E-state index is 0.923. The lowest BCUT2D eigenvalue weighted by Gasteiger charge is -2.14. The Balaban J connectivity index is 1.36. The van der Waals surface area contributed by atoms with Crippen LogP contribution in [0.2, 0.25) is 0 Å². The lowest BCUT2D eigenvalue weighted by atomic mass is 9.89. The highest BCUT2D eigenvalue weighted by Crippen LogP contribution is 2.41. The number of furan rings is 1. The van der Waals surface area contributed by atoms with Crippen molar-refractivity contribution in [2.45, 2.75) is 0 Å². The molecule has 1 aromatic heterocycles. The molecule has 8 aromatic rings. The van der Waals surface area contributed by atoms with Crippen molar-refractivity contribution in [2.24, 2.45) is 0 Å². The molecular formula is C34H20O. The van der Waals surface area contributed by atoms with Crippen LogP contribution < -0.4 is 0 Å². The summed E-state index contributed by atoms with van der Waals surface area (Å²) in [6.07, 6.45) is 0. The first-order chi connectivity index (χ1) is 17.3. The summed E-state index contributed by atoms with van der Waals surface area (Å²) in [5.41, 5.74) is 6.69. The molecular weight excluding hydrogens is 424 g/mol. The quantitative estimate of drug-likeness (QED) is 0.242. The van der Waals surface area contributed by atoms with Gasteiger partial charge in [-0.15, -0.1) is 0 Å². The Morgan fingerprint density at radius 2 is 1.09 bits per heavy atom. The molecule has 0 radical (unpaired) electrons. The van der Waals surface area contributed by atoms with Crippen molar-refractivity contribution in [3.8, 4) is 22.3 Å². The van der Waals surface area contributed by atoms with Crippen LogP contribution in [0.3, 0.4) is 0 Å². The van der Waals surface area contributed by atoms with Gasteiger partial charge in [0, 0.05) is 10.8 Å². The molecule has 8 rings (SSSR count). The molecule has 0 fully saturated rings. The van der Waals surface area contributed by atoms with Gasteiger partial charge in [-0.2, -0.15) is 0 Å². The molecule has 0 aliphatic carbocycles. The van der Waals surface area contributed by atoms with E-state index in [1.54, 1.807) is 0 Å². The molecule has 0 spiro atoms. The van der Waals surface area contributed by atoms with Crippen LogP contribution in [0.5, 0.6) is 0 Å². The summed E-state index contributed by atoms with van der Waals surface area (Å²) >= 11 is 0. The molecule has 7 aromatic carbocycles. The Morgan fingerprint density at radius 1 is 0.371 bits per heavy atom. The van der Waals surface area contributed by atoms with Gasteiger partial charge in [0.25, 0.3) is 0 Å². The van der Waals surface area contributed by atoms with Crippen molar-refractivity contribution < 1.29 is 4.42 Å². The van der Waals surface area contributed by atoms with Crippen molar-refractivity contribution in [3.63, 3.8) is 0 Å². The molecule has 1 heteroatoms. The molecule has 1 nitrogen and oxygen atoms in total. The second kappa shape index (κ2) is 6.94. The third-order valence-electron chi connectivity index (χ3n) is 7.42. The van der Waals surface area contributed by atoms with Crippen LogP contribution in [0.25, 0.3) is 76.5 Å². The largest absolute Gasteiger partial charge is 0.456 e. The molecule has 162 valence electrons. The fourth-order valence-corrected chi connectivity index (χ4v) is 5.74. The maximum atomic E-state index is 6.29. The summed E-state index contributed by atoms with van der Waals surface area (Å²) < 4.78 is 6.29. The van der Waals surface area contributed by atoms with Gasteiger partial charge in [-0.1, -0.05) is 97.1 Å². The van der Waals surface area contributed by atoms with E-state index in [-0.39, 0.29) is 0 Å². The SMILES string of the molecule is c1ccc(-c2ccc3c(c2)oc2ccc(-c4ccc5ccc6cccc7ccc4c5c67)cc23)cc1. The second-order valence-electron chi connectivity index (χ2n) is 9.36. The van der Waals surface area contributed by atoms with E-state index in [4.69, 9.17) is 4.42 Å². The normalized spacial score (nSPS) is 12.0. The Bertz CT molecular complexity index is 2030. The van der Waals surface area contributed by atoms with Crippen LogP contribution >= 0.6 is 0 Å². The van der Waals surface area contributed by atoms with E-state index in [2.05, 4.69) is 115 Å². The first-order valence-electron chi connectivity index (χ1n) is 12.0. The average Bonchev–Trinajstić information content (AvgIpc) is 3.29. The van der Waals surface area contributed by atoms with Crippen LogP contribution in [0, 0.1) is 0 Å². The van der Waals surface area contributed by atoms with E-state index in [9.17, 15) is 0 Å². The molecule has 0 bridgehead atoms. The number of fused-ring (bicyclic) bond motifs is 3. The number of hydrogen-bond donors (Lipinski definition) is 0. The maximum Gasteiger partial charge on any atom is 0.136 e. The van der Waals surface area contributed by atoms with E-state index < -0.39 is 0 Å². The van der Waals surface area contributed by atoms with E-state index in [0.717, 1.165) is 21.9 Å². The van der Waals surface area contributed by atoms with Gasteiger partial charge < -0.3 is 4.42 Å². The van der Waals surface area contributed by atoms with Crippen LogP contribution in [0.15, 0.2) is 126 Å². The monoisotopic (exact) mass is 444 g/mol. The topological polar surface area (TPSA) is 13.1 Å². The Hall–Kier alpha value is -4.62. The predicted octanol–water partition coefficient (Wildman–Crippen LogP) is 9.82. The number of rotatable bonds is 2. The average molecular weight is 445 g/mol. The van der Waals surface area contributed by atoms with Gasteiger partial charge in [-0.3, -0.25) is 0 Å². The van der Waals surface area contributed by atoms with Crippen LogP contribution in [-0.4, -0.2) is 0 Å². The lowest BCUT2D eigenvalue weighted by Crippen LogP contribution is -1.87. The van der Waals surface area contributed by atoms with Crippen LogP contribution in [-0.2, 0) is 0 Å². The summed E-state index contributed by atoms with van der Waals surface area (Å²) in [6, 6.07) is 43.7. The van der Waals surface area contributed by atoms with Crippen LogP contribution in [0.4, 0.5) is 0 Å². The van der Waals surface area contributed by atoms with Crippen molar-refractivity contribution >= 4 is 54.3 Å². The molecule has 35 heavy (non-hydrogen) atoms. The first-order valence-corrected chi connectivity index (χ1v) is 12.0. The van der Waals surface area contributed by atoms with Gasteiger partial charge in [-0.05, 0) is 78.8 Å². The third-order valence-corrected chi connectivity index (χ3v) is 7.42. The Morgan fingerprint density at radius 3 is 1.94 bits per heavy atom. The number of hydrogen-bond acceptors (Lipinski definition) is 1. The highest BCUT2D eigenvalue weighted by Gasteiger charge is 2.14. The minimum Gasteiger partial charge on any atom is -0.456 e. The first kappa shape index (κ1) is 18.8. The maximum absolute atomic E-state index is 6.29. The zero-order valence-electron chi connectivity index (χ0n) is 19.0. The fraction of sp³-hybridized carbons (Fsp3) is 0. The van der Waals surface area contributed by atoms with Gasteiger partial charge in [-0.25, -0.2) is 0 Å². The molecule has 0 aliphatic heterocycles. The van der Waals surface area contributed by atoms with E-state index in [1.165, 1.54) is 54.6 Å². The van der Waals surface area contributed by atoms with Gasteiger partial charge in [0.15, 0.2) is 0 Å². The Labute approximate surface area is 202 Å². The third kappa shape index (κ3) is 2.70. The predicted molar refractivity (Wildman–Crippen MR) is 148 cm³/mol. The smallest absolute Gasteiger partial charge is 0.136 e. The van der Waals surface area contributed by atoms with Gasteiger partial charge in [0.05, 0.1) is 0 Å². The number of benzene rings is 7. The highest BCUT2D eigenvalue weighted by molar-refractivity contribution is 6.25. The van der Waals surface area contributed by atoms with E-state index in [0.29, 0.717) is 0 Å². The second-order valence-corrected chi connectivity index (χ2v) is 9.36. The van der Waals surface area contributed by atoms with Crippen molar-refractivity contribution in [2.75, 3.05) is 0 Å². The molecule has 0 saturated carbocycles. The summed E-state index contributed by atoms with van der Waals surface area (Å²) in [7, 11) is 0. The summed E-state index contributed by atoms with van der Waals surface area (Å²) in [4.78, 5) is 0. The fourth-order valence-electron chi connectivity index (χ4n) is 5.74. The lowest BCUT2D eigenvalue weighted by molar-refractivity contribution is 0.669. The van der Waals surface area contributed by atoms with Gasteiger partial charge >= 0.3 is 0 Å². The molecule has 1 heterocycles. The molecule has 0 unspecified atom stereocenters. The molecule has 0 atom stereocenters. The van der Waals surface area contributed by atoms with E-state index >= 15 is 0 Å². The summed E-state index contributed by atoms with van der Waals surface area (Å²) in [5.74, 6) is 0. The summed E-state index contributed by atoms with van der Waals surface area (Å²) in [5, 5.41) is 10.2. The minimum atomic E-state index is 0.923. The molecule has 0 amide bonds. The standard InChI is InChI=1S/C34H20O/c1-2-5-21(6-3-1)25-13-16-28-30-19-26(14-18-31(30)35-32(28)20-25)27-15-11-24-10-9-22-7-4-8-23-12-17-29(27)34(24)33(22)23/h1-20H. The molecule has 0 saturated heterocycles. The molecule has 0 aliphatic rings. The van der Waals surface area contributed by atoms with Gasteiger partial charge in [0.1, 0.15) is 11.2 Å². The zero-order chi connectivity index (χ0) is 22.9. The van der Waals surface area contributed by atoms with Crippen LogP contribution in [0.1, 0.15) is 0 Å². The molecule has 0 N–H and O–H groups in total. The zero-order valence-corrected chi connectivity index (χ0v) is 19.0.